The van der Waals surface area contributed by atoms with Gasteiger partial charge in [0.15, 0.2) is 6.10 Å². The van der Waals surface area contributed by atoms with Crippen molar-refractivity contribution < 1.29 is 19.7 Å². The summed E-state index contributed by atoms with van der Waals surface area (Å²) < 4.78 is 4.80. The molecule has 0 aromatic heterocycles. The van der Waals surface area contributed by atoms with Crippen LogP contribution in [0, 0.1) is 6.92 Å². The van der Waals surface area contributed by atoms with E-state index in [2.05, 4.69) is 0 Å². The maximum Gasteiger partial charge on any atom is 0.333 e. The van der Waals surface area contributed by atoms with Crippen LogP contribution in [-0.2, 0) is 16.0 Å². The Kier molecular flexibility index (Phi) is 3.68. The normalized spacial score (nSPS) is 12.4. The number of benzene rings is 1. The quantitative estimate of drug-likeness (QED) is 0.787. The average Bonchev–Trinajstić information content (AvgIpc) is 2.19. The molecule has 1 rings (SSSR count). The van der Waals surface area contributed by atoms with Crippen LogP contribution in [0.5, 0.6) is 5.75 Å². The zero-order chi connectivity index (χ0) is 11.4. The van der Waals surface area contributed by atoms with Gasteiger partial charge in [-0.1, -0.05) is 12.1 Å². The highest BCUT2D eigenvalue weighted by molar-refractivity contribution is 5.72. The molecule has 4 heteroatoms. The summed E-state index contributed by atoms with van der Waals surface area (Å²) in [7, 11) is 1.35. The van der Waals surface area contributed by atoms with Gasteiger partial charge in [0.1, 0.15) is 5.75 Å². The Morgan fingerprint density at radius 1 is 1.53 bits per heavy atom. The Bertz CT molecular complexity index is 360. The number of phenols is 1. The van der Waals surface area contributed by atoms with Gasteiger partial charge < -0.3 is 14.9 Å². The molecule has 0 spiro atoms. The standard InChI is InChI=1S/C11H14O4/c1-7-3-4-8(5-9(7)12)6-10(15-2)11(13)14/h3-5,10,12H,6H2,1-2H3,(H,13,14). The lowest BCUT2D eigenvalue weighted by atomic mass is 10.1. The monoisotopic (exact) mass is 210 g/mol. The Morgan fingerprint density at radius 3 is 2.67 bits per heavy atom. The lowest BCUT2D eigenvalue weighted by molar-refractivity contribution is -0.148. The van der Waals surface area contributed by atoms with Crippen molar-refractivity contribution in [1.29, 1.82) is 0 Å². The first-order valence-corrected chi connectivity index (χ1v) is 4.58. The highest BCUT2D eigenvalue weighted by Gasteiger charge is 2.17. The minimum absolute atomic E-state index is 0.174. The van der Waals surface area contributed by atoms with E-state index < -0.39 is 12.1 Å². The Labute approximate surface area is 88.1 Å². The van der Waals surface area contributed by atoms with Crippen LogP contribution in [0.3, 0.4) is 0 Å². The third kappa shape index (κ3) is 2.95. The fourth-order valence-electron chi connectivity index (χ4n) is 1.27. The van der Waals surface area contributed by atoms with Gasteiger partial charge in [0.05, 0.1) is 0 Å². The van der Waals surface area contributed by atoms with E-state index in [1.165, 1.54) is 7.11 Å². The van der Waals surface area contributed by atoms with E-state index in [9.17, 15) is 9.90 Å². The molecule has 0 aliphatic heterocycles. The summed E-state index contributed by atoms with van der Waals surface area (Å²) in [6.45, 7) is 1.78. The number of aromatic hydroxyl groups is 1. The lowest BCUT2D eigenvalue weighted by Crippen LogP contribution is -2.24. The van der Waals surface area contributed by atoms with Crippen LogP contribution in [0.4, 0.5) is 0 Å². The van der Waals surface area contributed by atoms with Gasteiger partial charge in [-0.2, -0.15) is 0 Å². The molecule has 0 radical (unpaired) electrons. The molecular weight excluding hydrogens is 196 g/mol. The van der Waals surface area contributed by atoms with E-state index >= 15 is 0 Å². The fraction of sp³-hybridized carbons (Fsp3) is 0.364. The van der Waals surface area contributed by atoms with E-state index in [1.54, 1.807) is 25.1 Å². The molecule has 1 atom stereocenters. The predicted octanol–water partition coefficient (Wildman–Crippen LogP) is 1.34. The molecular formula is C11H14O4. The molecule has 2 N–H and O–H groups in total. The summed E-state index contributed by atoms with van der Waals surface area (Å²) >= 11 is 0. The molecule has 0 fully saturated rings. The Hall–Kier alpha value is -1.55. The van der Waals surface area contributed by atoms with Gasteiger partial charge >= 0.3 is 5.97 Å². The summed E-state index contributed by atoms with van der Waals surface area (Å²) in [5, 5.41) is 18.2. The van der Waals surface area contributed by atoms with Crippen LogP contribution in [0.25, 0.3) is 0 Å². The number of hydrogen-bond donors (Lipinski definition) is 2. The largest absolute Gasteiger partial charge is 0.508 e. The van der Waals surface area contributed by atoms with Gasteiger partial charge in [-0.3, -0.25) is 0 Å². The molecule has 4 nitrogen and oxygen atoms in total. The Morgan fingerprint density at radius 2 is 2.20 bits per heavy atom. The minimum Gasteiger partial charge on any atom is -0.508 e. The maximum absolute atomic E-state index is 10.7. The third-order valence-corrected chi connectivity index (χ3v) is 2.25. The van der Waals surface area contributed by atoms with Gasteiger partial charge in [-0.05, 0) is 24.1 Å². The zero-order valence-electron chi connectivity index (χ0n) is 8.73. The summed E-state index contributed by atoms with van der Waals surface area (Å²) in [5.74, 6) is -0.828. The van der Waals surface area contributed by atoms with Crippen molar-refractivity contribution in [3.05, 3.63) is 29.3 Å². The Balaban J connectivity index is 2.80. The molecule has 0 heterocycles. The molecule has 0 aliphatic carbocycles. The maximum atomic E-state index is 10.7. The number of hydrogen-bond acceptors (Lipinski definition) is 3. The highest BCUT2D eigenvalue weighted by Crippen LogP contribution is 2.18. The molecule has 1 aromatic rings. The van der Waals surface area contributed by atoms with Crippen LogP contribution >= 0.6 is 0 Å². The van der Waals surface area contributed by atoms with E-state index in [0.717, 1.165) is 11.1 Å². The second-order valence-corrected chi connectivity index (χ2v) is 3.39. The number of aliphatic carboxylic acids is 1. The first kappa shape index (κ1) is 11.5. The van der Waals surface area contributed by atoms with Gasteiger partial charge in [-0.15, -0.1) is 0 Å². The first-order chi connectivity index (χ1) is 7.04. The third-order valence-electron chi connectivity index (χ3n) is 2.25. The van der Waals surface area contributed by atoms with Gasteiger partial charge in [0.25, 0.3) is 0 Å². The first-order valence-electron chi connectivity index (χ1n) is 4.58. The topological polar surface area (TPSA) is 66.8 Å². The van der Waals surface area contributed by atoms with Crippen molar-refractivity contribution in [2.75, 3.05) is 7.11 Å². The molecule has 0 aliphatic rings. The number of carboxylic acid groups (broad SMARTS) is 1. The van der Waals surface area contributed by atoms with Crippen LogP contribution in [0.1, 0.15) is 11.1 Å². The van der Waals surface area contributed by atoms with E-state index in [0.29, 0.717) is 0 Å². The van der Waals surface area contributed by atoms with Gasteiger partial charge in [0.2, 0.25) is 0 Å². The molecule has 0 saturated carbocycles. The summed E-state index contributed by atoms with van der Waals surface area (Å²) in [4.78, 5) is 10.7. The number of ether oxygens (including phenoxy) is 1. The summed E-state index contributed by atoms with van der Waals surface area (Å²) in [6.07, 6.45) is -0.619. The van der Waals surface area contributed by atoms with E-state index in [1.807, 2.05) is 0 Å². The highest BCUT2D eigenvalue weighted by atomic mass is 16.5. The number of carbonyl (C=O) groups is 1. The second-order valence-electron chi connectivity index (χ2n) is 3.39. The second kappa shape index (κ2) is 4.79. The number of rotatable bonds is 4. The van der Waals surface area contributed by atoms with Crippen molar-refractivity contribution in [2.45, 2.75) is 19.4 Å². The number of methoxy groups -OCH3 is 1. The molecule has 0 bridgehead atoms. The smallest absolute Gasteiger partial charge is 0.333 e. The lowest BCUT2D eigenvalue weighted by Gasteiger charge is -2.10. The molecule has 0 saturated heterocycles. The molecule has 1 aromatic carbocycles. The van der Waals surface area contributed by atoms with E-state index in [-0.39, 0.29) is 12.2 Å². The van der Waals surface area contributed by atoms with Crippen molar-refractivity contribution in [1.82, 2.24) is 0 Å². The zero-order valence-corrected chi connectivity index (χ0v) is 8.73. The van der Waals surface area contributed by atoms with Crippen LogP contribution in [-0.4, -0.2) is 29.4 Å². The van der Waals surface area contributed by atoms with E-state index in [4.69, 9.17) is 9.84 Å². The number of carboxylic acids is 1. The predicted molar refractivity (Wildman–Crippen MR) is 55.0 cm³/mol. The SMILES string of the molecule is COC(Cc1ccc(C)c(O)c1)C(=O)O. The van der Waals surface area contributed by atoms with Crippen molar-refractivity contribution in [2.24, 2.45) is 0 Å². The van der Waals surface area contributed by atoms with Crippen molar-refractivity contribution in [3.8, 4) is 5.75 Å². The molecule has 0 amide bonds. The van der Waals surface area contributed by atoms with Crippen LogP contribution in [0.2, 0.25) is 0 Å². The number of aryl methyl sites for hydroxylation is 1. The van der Waals surface area contributed by atoms with Crippen LogP contribution < -0.4 is 0 Å². The van der Waals surface area contributed by atoms with Gasteiger partial charge in [-0.25, -0.2) is 4.79 Å². The minimum atomic E-state index is -1.00. The summed E-state index contributed by atoms with van der Waals surface area (Å²) in [5.41, 5.74) is 1.51. The molecule has 15 heavy (non-hydrogen) atoms. The fourth-order valence-corrected chi connectivity index (χ4v) is 1.27. The molecule has 1 unspecified atom stereocenters. The average molecular weight is 210 g/mol. The number of phenolic OH excluding ortho intramolecular Hbond substituents is 1. The van der Waals surface area contributed by atoms with Crippen LogP contribution in [0.15, 0.2) is 18.2 Å². The van der Waals surface area contributed by atoms with Crippen molar-refractivity contribution >= 4 is 5.97 Å². The van der Waals surface area contributed by atoms with Gasteiger partial charge in [0, 0.05) is 13.5 Å². The summed E-state index contributed by atoms with van der Waals surface area (Å²) in [6, 6.07) is 5.09. The van der Waals surface area contributed by atoms with Crippen molar-refractivity contribution in [3.63, 3.8) is 0 Å². The molecule has 82 valence electrons.